The summed E-state index contributed by atoms with van der Waals surface area (Å²) >= 11 is 0. The maximum Gasteiger partial charge on any atom is 0.231 e. The number of benzene rings is 2. The van der Waals surface area contributed by atoms with Gasteiger partial charge in [-0.25, -0.2) is 0 Å². The lowest BCUT2D eigenvalue weighted by Gasteiger charge is -2.35. The van der Waals surface area contributed by atoms with Crippen LogP contribution in [0.1, 0.15) is 61.1 Å². The number of carbonyl (C=O) groups is 1. The largest absolute Gasteiger partial charge is 0.311 e. The number of piperazine rings is 1. The van der Waals surface area contributed by atoms with E-state index in [0.29, 0.717) is 12.3 Å². The summed E-state index contributed by atoms with van der Waals surface area (Å²) < 4.78 is 0. The SMILES string of the molecule is O=C1Cc2cc(C3CCCCCC3)ccc2N1CCN1CCN(Cc2ccccc2)CC1. The van der Waals surface area contributed by atoms with Crippen molar-refractivity contribution >= 4 is 11.6 Å². The van der Waals surface area contributed by atoms with Gasteiger partial charge < -0.3 is 4.90 Å². The first-order valence-electron chi connectivity index (χ1n) is 12.7. The van der Waals surface area contributed by atoms with Crippen molar-refractivity contribution in [2.24, 2.45) is 0 Å². The normalized spacial score (nSPS) is 21.0. The van der Waals surface area contributed by atoms with E-state index in [4.69, 9.17) is 0 Å². The number of fused-ring (bicyclic) bond motifs is 1. The van der Waals surface area contributed by atoms with Crippen molar-refractivity contribution in [1.82, 2.24) is 9.80 Å². The molecule has 0 unspecified atom stereocenters. The van der Waals surface area contributed by atoms with Crippen LogP contribution in [0, 0.1) is 0 Å². The number of hydrogen-bond acceptors (Lipinski definition) is 3. The Morgan fingerprint density at radius 1 is 0.781 bits per heavy atom. The molecule has 5 rings (SSSR count). The van der Waals surface area contributed by atoms with Crippen molar-refractivity contribution < 1.29 is 4.79 Å². The van der Waals surface area contributed by atoms with E-state index in [-0.39, 0.29) is 5.91 Å². The van der Waals surface area contributed by atoms with Gasteiger partial charge in [-0.2, -0.15) is 0 Å². The zero-order valence-corrected chi connectivity index (χ0v) is 19.3. The lowest BCUT2D eigenvalue weighted by molar-refractivity contribution is -0.117. The Labute approximate surface area is 193 Å². The Hall–Kier alpha value is -2.17. The standard InChI is InChI=1S/C28H37N3O/c32-28-21-26-20-25(24-10-6-1-2-7-11-24)12-13-27(26)31(28)19-18-29-14-16-30(17-15-29)22-23-8-4-3-5-9-23/h3-5,8-9,12-13,20,24H,1-2,6-7,10-11,14-19,21-22H2. The first-order chi connectivity index (χ1) is 15.8. The lowest BCUT2D eigenvalue weighted by atomic mass is 9.90. The van der Waals surface area contributed by atoms with Crippen molar-refractivity contribution in [2.75, 3.05) is 44.2 Å². The van der Waals surface area contributed by atoms with E-state index in [9.17, 15) is 4.79 Å². The minimum absolute atomic E-state index is 0.278. The second kappa shape index (κ2) is 10.2. The van der Waals surface area contributed by atoms with E-state index in [1.165, 1.54) is 55.2 Å². The number of rotatable bonds is 6. The zero-order chi connectivity index (χ0) is 21.8. The van der Waals surface area contributed by atoms with E-state index < -0.39 is 0 Å². The van der Waals surface area contributed by atoms with Gasteiger partial charge in [0.05, 0.1) is 6.42 Å². The van der Waals surface area contributed by atoms with Gasteiger partial charge in [-0.1, -0.05) is 68.1 Å². The van der Waals surface area contributed by atoms with Crippen molar-refractivity contribution in [1.29, 1.82) is 0 Å². The van der Waals surface area contributed by atoms with Gasteiger partial charge in [0.25, 0.3) is 0 Å². The van der Waals surface area contributed by atoms with E-state index in [1.54, 1.807) is 0 Å². The molecule has 1 amide bonds. The van der Waals surface area contributed by atoms with Crippen molar-refractivity contribution in [3.8, 4) is 0 Å². The fourth-order valence-electron chi connectivity index (χ4n) is 5.77. The predicted molar refractivity (Wildman–Crippen MR) is 131 cm³/mol. The molecule has 0 spiro atoms. The van der Waals surface area contributed by atoms with E-state index in [0.717, 1.165) is 51.5 Å². The molecular weight excluding hydrogens is 394 g/mol. The van der Waals surface area contributed by atoms with Crippen molar-refractivity contribution in [3.05, 3.63) is 65.2 Å². The summed E-state index contributed by atoms with van der Waals surface area (Å²) in [4.78, 5) is 19.9. The van der Waals surface area contributed by atoms with Crippen LogP contribution in [0.4, 0.5) is 5.69 Å². The number of nitrogens with zero attached hydrogens (tertiary/aromatic N) is 3. The Bertz CT molecular complexity index is 896. The second-order valence-corrected chi connectivity index (χ2v) is 9.90. The molecule has 4 nitrogen and oxygen atoms in total. The van der Waals surface area contributed by atoms with E-state index in [2.05, 4.69) is 58.3 Å². The summed E-state index contributed by atoms with van der Waals surface area (Å²) in [6.45, 7) is 7.19. The Morgan fingerprint density at radius 2 is 1.50 bits per heavy atom. The summed E-state index contributed by atoms with van der Waals surface area (Å²) in [6, 6.07) is 17.6. The van der Waals surface area contributed by atoms with Crippen LogP contribution >= 0.6 is 0 Å². The van der Waals surface area contributed by atoms with Gasteiger partial charge in [-0.15, -0.1) is 0 Å². The molecule has 2 aromatic rings. The molecule has 1 aliphatic carbocycles. The number of hydrogen-bond donors (Lipinski definition) is 0. The molecule has 4 heteroatoms. The first kappa shape index (κ1) is 21.7. The highest BCUT2D eigenvalue weighted by Crippen LogP contribution is 2.36. The molecular formula is C28H37N3O. The molecule has 1 saturated carbocycles. The number of amides is 1. The number of carbonyl (C=O) groups excluding carboxylic acids is 1. The summed E-state index contributed by atoms with van der Waals surface area (Å²) in [7, 11) is 0. The van der Waals surface area contributed by atoms with Gasteiger partial charge in [0, 0.05) is 51.5 Å². The highest BCUT2D eigenvalue weighted by Gasteiger charge is 2.29. The van der Waals surface area contributed by atoms with Crippen LogP contribution in [-0.2, 0) is 17.8 Å². The van der Waals surface area contributed by atoms with E-state index in [1.807, 2.05) is 4.90 Å². The van der Waals surface area contributed by atoms with Crippen molar-refractivity contribution in [3.63, 3.8) is 0 Å². The zero-order valence-electron chi connectivity index (χ0n) is 19.3. The van der Waals surface area contributed by atoms with Gasteiger partial charge in [0.1, 0.15) is 0 Å². The highest BCUT2D eigenvalue weighted by molar-refractivity contribution is 6.01. The molecule has 1 saturated heterocycles. The lowest BCUT2D eigenvalue weighted by Crippen LogP contribution is -2.48. The van der Waals surface area contributed by atoms with Crippen LogP contribution in [0.5, 0.6) is 0 Å². The van der Waals surface area contributed by atoms with E-state index >= 15 is 0 Å². The third kappa shape index (κ3) is 5.07. The summed E-state index contributed by atoms with van der Waals surface area (Å²) in [5, 5.41) is 0. The van der Waals surface area contributed by atoms with Crippen molar-refractivity contribution in [2.45, 2.75) is 57.4 Å². The fraction of sp³-hybridized carbons (Fsp3) is 0.536. The molecule has 0 atom stereocenters. The van der Waals surface area contributed by atoms with Gasteiger partial charge in [-0.3, -0.25) is 14.6 Å². The maximum atomic E-state index is 12.8. The third-order valence-corrected chi connectivity index (χ3v) is 7.72. The molecule has 0 N–H and O–H groups in total. The van der Waals surface area contributed by atoms with Gasteiger partial charge in [0.15, 0.2) is 0 Å². The molecule has 0 radical (unpaired) electrons. The van der Waals surface area contributed by atoms with Crippen LogP contribution in [0.3, 0.4) is 0 Å². The van der Waals surface area contributed by atoms with Crippen LogP contribution in [-0.4, -0.2) is 55.0 Å². The first-order valence-corrected chi connectivity index (χ1v) is 12.7. The molecule has 0 bridgehead atoms. The summed E-state index contributed by atoms with van der Waals surface area (Å²) in [5.74, 6) is 0.972. The minimum atomic E-state index is 0.278. The van der Waals surface area contributed by atoms with Crippen LogP contribution in [0.25, 0.3) is 0 Å². The second-order valence-electron chi connectivity index (χ2n) is 9.90. The molecule has 3 aliphatic rings. The summed E-state index contributed by atoms with van der Waals surface area (Å²) in [6.07, 6.45) is 8.68. The topological polar surface area (TPSA) is 26.8 Å². The average Bonchev–Trinajstić information content (AvgIpc) is 2.97. The van der Waals surface area contributed by atoms with Gasteiger partial charge in [-0.05, 0) is 41.5 Å². The number of anilines is 1. The molecule has 170 valence electrons. The average molecular weight is 432 g/mol. The smallest absolute Gasteiger partial charge is 0.231 e. The highest BCUT2D eigenvalue weighted by atomic mass is 16.2. The monoisotopic (exact) mass is 431 g/mol. The molecule has 2 aromatic carbocycles. The maximum absolute atomic E-state index is 12.8. The van der Waals surface area contributed by atoms with Gasteiger partial charge in [0.2, 0.25) is 5.91 Å². The molecule has 32 heavy (non-hydrogen) atoms. The van der Waals surface area contributed by atoms with Crippen LogP contribution in [0.2, 0.25) is 0 Å². The molecule has 2 heterocycles. The predicted octanol–water partition coefficient (Wildman–Crippen LogP) is 4.83. The molecule has 2 fully saturated rings. The Morgan fingerprint density at radius 3 is 2.25 bits per heavy atom. The molecule has 0 aromatic heterocycles. The van der Waals surface area contributed by atoms with Crippen LogP contribution < -0.4 is 4.90 Å². The Balaban J connectivity index is 1.14. The minimum Gasteiger partial charge on any atom is -0.311 e. The fourth-order valence-corrected chi connectivity index (χ4v) is 5.77. The third-order valence-electron chi connectivity index (χ3n) is 7.72. The van der Waals surface area contributed by atoms with Crippen LogP contribution in [0.15, 0.2) is 48.5 Å². The van der Waals surface area contributed by atoms with Gasteiger partial charge >= 0.3 is 0 Å². The quantitative estimate of drug-likeness (QED) is 0.613. The molecule has 2 aliphatic heterocycles. The Kier molecular flexibility index (Phi) is 6.89. The summed E-state index contributed by atoms with van der Waals surface area (Å²) in [5.41, 5.74) is 5.28.